The van der Waals surface area contributed by atoms with Crippen molar-refractivity contribution in [2.24, 2.45) is 16.6 Å². The van der Waals surface area contributed by atoms with Crippen LogP contribution in [0, 0.1) is 28.9 Å². The summed E-state index contributed by atoms with van der Waals surface area (Å²) in [5, 5.41) is 11.1. The standard InChI is InChI=1S/C20H17F4N5O2/c1-9-10(2)31-19(26)29-20(9,18(23)24)13-5-12(6-14(21)16(13)22)28-17(30)15-4-3-11(7-25)8-27-15/h3-6,8-10,18H,1-2H3,(H2,26,29)(H,28,30)/t9-,10?,20-/m1/s1. The van der Waals surface area contributed by atoms with Crippen molar-refractivity contribution in [1.82, 2.24) is 4.98 Å². The zero-order valence-corrected chi connectivity index (χ0v) is 16.4. The number of rotatable bonds is 4. The normalized spacial score (nSPS) is 23.0. The van der Waals surface area contributed by atoms with E-state index >= 15 is 0 Å². The number of ether oxygens (including phenoxy) is 1. The van der Waals surface area contributed by atoms with E-state index in [0.29, 0.717) is 6.07 Å². The van der Waals surface area contributed by atoms with E-state index in [9.17, 15) is 22.4 Å². The molecule has 2 aromatic rings. The molecule has 31 heavy (non-hydrogen) atoms. The van der Waals surface area contributed by atoms with Gasteiger partial charge in [-0.15, -0.1) is 0 Å². The maximum Gasteiger partial charge on any atom is 0.283 e. The first kappa shape index (κ1) is 22.0. The van der Waals surface area contributed by atoms with Crippen molar-refractivity contribution in [1.29, 1.82) is 5.26 Å². The molecule has 1 aliphatic heterocycles. The molecule has 0 bridgehead atoms. The summed E-state index contributed by atoms with van der Waals surface area (Å²) in [6.07, 6.45) is -2.97. The fourth-order valence-corrected chi connectivity index (χ4v) is 3.37. The number of halogens is 4. The Labute approximate surface area is 174 Å². The number of nitrogens with zero attached hydrogens (tertiary/aromatic N) is 3. The molecule has 0 saturated heterocycles. The van der Waals surface area contributed by atoms with Gasteiger partial charge in [-0.1, -0.05) is 6.92 Å². The van der Waals surface area contributed by atoms with Crippen LogP contribution in [0.1, 0.15) is 35.5 Å². The Hall–Kier alpha value is -3.68. The number of carbonyl (C=O) groups is 1. The number of alkyl halides is 2. The summed E-state index contributed by atoms with van der Waals surface area (Å²) in [7, 11) is 0. The molecule has 0 fully saturated rings. The summed E-state index contributed by atoms with van der Waals surface area (Å²) in [4.78, 5) is 19.9. The number of aromatic nitrogens is 1. The Morgan fingerprint density at radius 1 is 1.32 bits per heavy atom. The van der Waals surface area contributed by atoms with Gasteiger partial charge >= 0.3 is 0 Å². The smallest absolute Gasteiger partial charge is 0.283 e. The van der Waals surface area contributed by atoms with Crippen LogP contribution >= 0.6 is 0 Å². The number of carbonyl (C=O) groups excluding carboxylic acids is 1. The molecule has 0 aliphatic carbocycles. The quantitative estimate of drug-likeness (QED) is 0.716. The minimum absolute atomic E-state index is 0.121. The van der Waals surface area contributed by atoms with Gasteiger partial charge in [-0.05, 0) is 25.1 Å². The Balaban J connectivity index is 2.07. The van der Waals surface area contributed by atoms with E-state index < -0.39 is 53.1 Å². The van der Waals surface area contributed by atoms with E-state index in [1.807, 2.05) is 6.07 Å². The first-order chi connectivity index (χ1) is 14.6. The molecule has 1 unspecified atom stereocenters. The molecule has 1 amide bonds. The number of nitriles is 1. The third kappa shape index (κ3) is 3.88. The monoisotopic (exact) mass is 435 g/mol. The zero-order chi connectivity index (χ0) is 22.9. The fourth-order valence-electron chi connectivity index (χ4n) is 3.37. The maximum absolute atomic E-state index is 14.7. The molecule has 3 rings (SSSR count). The summed E-state index contributed by atoms with van der Waals surface area (Å²) < 4.78 is 62.8. The predicted molar refractivity (Wildman–Crippen MR) is 102 cm³/mol. The number of nitrogens with one attached hydrogen (secondary N) is 1. The van der Waals surface area contributed by atoms with Crippen LogP contribution in [0.2, 0.25) is 0 Å². The molecule has 162 valence electrons. The van der Waals surface area contributed by atoms with Gasteiger partial charge in [0.2, 0.25) is 0 Å². The number of hydrogen-bond donors (Lipinski definition) is 2. The molecule has 2 heterocycles. The molecule has 3 atom stereocenters. The number of nitrogens with two attached hydrogens (primary N) is 1. The van der Waals surface area contributed by atoms with Crippen LogP contribution in [0.4, 0.5) is 23.2 Å². The molecule has 0 saturated carbocycles. The molecule has 11 heteroatoms. The summed E-state index contributed by atoms with van der Waals surface area (Å²) in [5.41, 5.74) is 2.03. The lowest BCUT2D eigenvalue weighted by Crippen LogP contribution is -2.51. The third-order valence-electron chi connectivity index (χ3n) is 5.18. The van der Waals surface area contributed by atoms with E-state index in [-0.39, 0.29) is 16.9 Å². The molecule has 0 spiro atoms. The molecule has 0 radical (unpaired) electrons. The van der Waals surface area contributed by atoms with Gasteiger partial charge in [-0.25, -0.2) is 27.5 Å². The van der Waals surface area contributed by atoms with Gasteiger partial charge < -0.3 is 15.8 Å². The Morgan fingerprint density at radius 3 is 2.61 bits per heavy atom. The highest BCUT2D eigenvalue weighted by atomic mass is 19.3. The van der Waals surface area contributed by atoms with Crippen LogP contribution in [0.3, 0.4) is 0 Å². The minimum Gasteiger partial charge on any atom is -0.462 e. The lowest BCUT2D eigenvalue weighted by Gasteiger charge is -2.41. The topological polar surface area (TPSA) is 113 Å². The van der Waals surface area contributed by atoms with Gasteiger partial charge in [0.25, 0.3) is 18.4 Å². The van der Waals surface area contributed by atoms with E-state index in [1.54, 1.807) is 0 Å². The SMILES string of the molecule is CC1OC(N)=N[C@](c2cc(NC(=O)c3ccc(C#N)cn3)cc(F)c2F)(C(F)F)[C@@H]1C. The number of pyridine rings is 1. The first-order valence-corrected chi connectivity index (χ1v) is 9.07. The van der Waals surface area contributed by atoms with Crippen LogP contribution in [0.25, 0.3) is 0 Å². The Bertz CT molecular complexity index is 1080. The molecular weight excluding hydrogens is 418 g/mol. The van der Waals surface area contributed by atoms with Crippen molar-refractivity contribution in [3.63, 3.8) is 0 Å². The van der Waals surface area contributed by atoms with Gasteiger partial charge in [0, 0.05) is 29.4 Å². The second-order valence-corrected chi connectivity index (χ2v) is 7.01. The van der Waals surface area contributed by atoms with E-state index in [4.69, 9.17) is 15.7 Å². The lowest BCUT2D eigenvalue weighted by atomic mass is 9.76. The predicted octanol–water partition coefficient (Wildman–Crippen LogP) is 3.31. The minimum atomic E-state index is -3.26. The Kier molecular flexibility index (Phi) is 5.83. The van der Waals surface area contributed by atoms with Gasteiger partial charge in [0.15, 0.2) is 17.2 Å². The van der Waals surface area contributed by atoms with Crippen LogP contribution < -0.4 is 11.1 Å². The molecule has 7 nitrogen and oxygen atoms in total. The highest BCUT2D eigenvalue weighted by Gasteiger charge is 2.54. The van der Waals surface area contributed by atoms with Crippen molar-refractivity contribution in [2.45, 2.75) is 31.9 Å². The number of benzene rings is 1. The van der Waals surface area contributed by atoms with Gasteiger partial charge in [0.05, 0.1) is 5.56 Å². The van der Waals surface area contributed by atoms with E-state index in [2.05, 4.69) is 15.3 Å². The van der Waals surface area contributed by atoms with Crippen LogP contribution in [-0.2, 0) is 10.3 Å². The average molecular weight is 435 g/mol. The number of anilines is 1. The van der Waals surface area contributed by atoms with Crippen molar-refractivity contribution in [3.05, 3.63) is 58.9 Å². The van der Waals surface area contributed by atoms with Crippen LogP contribution in [-0.4, -0.2) is 29.4 Å². The third-order valence-corrected chi connectivity index (χ3v) is 5.18. The summed E-state index contributed by atoms with van der Waals surface area (Å²) >= 11 is 0. The molecular formula is C20H17F4N5O2. The largest absolute Gasteiger partial charge is 0.462 e. The maximum atomic E-state index is 14.7. The zero-order valence-electron chi connectivity index (χ0n) is 16.4. The highest BCUT2D eigenvalue weighted by molar-refractivity contribution is 6.02. The first-order valence-electron chi connectivity index (χ1n) is 9.07. The fraction of sp³-hybridized carbons (Fsp3) is 0.300. The molecule has 1 aromatic carbocycles. The molecule has 3 N–H and O–H groups in total. The van der Waals surface area contributed by atoms with E-state index in [0.717, 1.165) is 12.3 Å². The van der Waals surface area contributed by atoms with Crippen LogP contribution in [0.5, 0.6) is 0 Å². The van der Waals surface area contributed by atoms with Crippen molar-refractivity contribution >= 4 is 17.6 Å². The number of amidine groups is 1. The molecule has 1 aliphatic rings. The highest BCUT2D eigenvalue weighted by Crippen LogP contribution is 2.46. The summed E-state index contributed by atoms with van der Waals surface area (Å²) in [6.45, 7) is 2.82. The second-order valence-electron chi connectivity index (χ2n) is 7.01. The van der Waals surface area contributed by atoms with E-state index in [1.165, 1.54) is 26.0 Å². The summed E-state index contributed by atoms with van der Waals surface area (Å²) in [6, 6.07) is 5.39. The Morgan fingerprint density at radius 2 is 2.03 bits per heavy atom. The van der Waals surface area contributed by atoms with Crippen molar-refractivity contribution in [2.75, 3.05) is 5.32 Å². The average Bonchev–Trinajstić information content (AvgIpc) is 2.73. The van der Waals surface area contributed by atoms with Crippen molar-refractivity contribution in [3.8, 4) is 6.07 Å². The van der Waals surface area contributed by atoms with Crippen LogP contribution in [0.15, 0.2) is 35.5 Å². The van der Waals surface area contributed by atoms with Crippen molar-refractivity contribution < 1.29 is 27.1 Å². The lowest BCUT2D eigenvalue weighted by molar-refractivity contribution is -0.0366. The van der Waals surface area contributed by atoms with Gasteiger partial charge in [-0.2, -0.15) is 5.26 Å². The number of aliphatic imine (C=N–C) groups is 1. The second kappa shape index (κ2) is 8.22. The molecule has 1 aromatic heterocycles. The number of hydrogen-bond acceptors (Lipinski definition) is 6. The van der Waals surface area contributed by atoms with Gasteiger partial charge in [-0.3, -0.25) is 4.79 Å². The number of amides is 1. The summed E-state index contributed by atoms with van der Waals surface area (Å²) in [5.74, 6) is -4.89. The van der Waals surface area contributed by atoms with Gasteiger partial charge in [0.1, 0.15) is 17.9 Å².